The van der Waals surface area contributed by atoms with Crippen molar-refractivity contribution in [1.29, 1.82) is 0 Å². The van der Waals surface area contributed by atoms with E-state index >= 15 is 0 Å². The zero-order chi connectivity index (χ0) is 9.26. The van der Waals surface area contributed by atoms with E-state index in [0.29, 0.717) is 31.2 Å². The van der Waals surface area contributed by atoms with Gasteiger partial charge in [-0.1, -0.05) is 0 Å². The van der Waals surface area contributed by atoms with Gasteiger partial charge in [0.05, 0.1) is 25.4 Å². The minimum Gasteiger partial charge on any atom is -0.393 e. The lowest BCUT2D eigenvalue weighted by Gasteiger charge is -2.14. The van der Waals surface area contributed by atoms with Gasteiger partial charge in [-0.15, -0.1) is 0 Å². The first kappa shape index (κ1) is 9.44. The first-order valence-corrected chi connectivity index (χ1v) is 5.20. The maximum Gasteiger partial charge on any atom is 0.0704 e. The van der Waals surface area contributed by atoms with Gasteiger partial charge in [0.15, 0.2) is 0 Å². The molecule has 0 spiro atoms. The van der Waals surface area contributed by atoms with Crippen molar-refractivity contribution in [2.45, 2.75) is 32.0 Å². The summed E-state index contributed by atoms with van der Waals surface area (Å²) in [7, 11) is 0. The van der Waals surface area contributed by atoms with Gasteiger partial charge in [0.25, 0.3) is 0 Å². The topological polar surface area (TPSA) is 38.7 Å². The molecule has 0 aromatic heterocycles. The zero-order valence-electron chi connectivity index (χ0n) is 8.11. The van der Waals surface area contributed by atoms with Crippen molar-refractivity contribution >= 4 is 0 Å². The third kappa shape index (κ3) is 2.03. The predicted molar refractivity (Wildman–Crippen MR) is 48.5 cm³/mol. The van der Waals surface area contributed by atoms with Crippen LogP contribution in [0.2, 0.25) is 0 Å². The highest BCUT2D eigenvalue weighted by molar-refractivity contribution is 5.03. The molecule has 2 aliphatic rings. The van der Waals surface area contributed by atoms with E-state index in [4.69, 9.17) is 9.47 Å². The average Bonchev–Trinajstić information content (AvgIpc) is 2.84. The molecule has 0 amide bonds. The SMILES string of the molecule is CCOCCO[C@@H]1C[C@H](O)[C@H]2C[C@H]21. The summed E-state index contributed by atoms with van der Waals surface area (Å²) in [6.07, 6.45) is 2.21. The predicted octanol–water partition coefficient (Wildman–Crippen LogP) is 0.809. The fourth-order valence-electron chi connectivity index (χ4n) is 2.29. The lowest BCUT2D eigenvalue weighted by Crippen LogP contribution is -2.18. The number of fused-ring (bicyclic) bond motifs is 1. The summed E-state index contributed by atoms with van der Waals surface area (Å²) in [5, 5.41) is 9.50. The van der Waals surface area contributed by atoms with Crippen molar-refractivity contribution in [2.24, 2.45) is 11.8 Å². The van der Waals surface area contributed by atoms with Crippen molar-refractivity contribution < 1.29 is 14.6 Å². The molecule has 3 heteroatoms. The molecule has 13 heavy (non-hydrogen) atoms. The lowest BCUT2D eigenvalue weighted by atomic mass is 10.2. The van der Waals surface area contributed by atoms with E-state index in [1.165, 1.54) is 6.42 Å². The Balaban J connectivity index is 1.61. The molecule has 0 aliphatic heterocycles. The van der Waals surface area contributed by atoms with Crippen LogP contribution in [0.15, 0.2) is 0 Å². The molecule has 0 unspecified atom stereocenters. The number of hydrogen-bond acceptors (Lipinski definition) is 3. The van der Waals surface area contributed by atoms with E-state index in [1.807, 2.05) is 6.92 Å². The van der Waals surface area contributed by atoms with Gasteiger partial charge in [-0.2, -0.15) is 0 Å². The van der Waals surface area contributed by atoms with Crippen LogP contribution in [-0.4, -0.2) is 37.1 Å². The summed E-state index contributed by atoms with van der Waals surface area (Å²) in [5.41, 5.74) is 0. The van der Waals surface area contributed by atoms with Crippen molar-refractivity contribution in [2.75, 3.05) is 19.8 Å². The van der Waals surface area contributed by atoms with Gasteiger partial charge in [0.2, 0.25) is 0 Å². The molecule has 0 bridgehead atoms. The van der Waals surface area contributed by atoms with E-state index in [0.717, 1.165) is 13.0 Å². The van der Waals surface area contributed by atoms with Gasteiger partial charge in [0.1, 0.15) is 0 Å². The van der Waals surface area contributed by atoms with Crippen LogP contribution < -0.4 is 0 Å². The van der Waals surface area contributed by atoms with Crippen molar-refractivity contribution in [1.82, 2.24) is 0 Å². The Morgan fingerprint density at radius 3 is 2.62 bits per heavy atom. The molecular formula is C10H18O3. The molecule has 4 atom stereocenters. The van der Waals surface area contributed by atoms with Crippen molar-refractivity contribution in [3.63, 3.8) is 0 Å². The Bertz CT molecular complexity index is 172. The van der Waals surface area contributed by atoms with Crippen molar-refractivity contribution in [3.05, 3.63) is 0 Å². The van der Waals surface area contributed by atoms with E-state index < -0.39 is 0 Å². The monoisotopic (exact) mass is 186 g/mol. The second-order valence-corrected chi connectivity index (χ2v) is 3.97. The Morgan fingerprint density at radius 1 is 1.23 bits per heavy atom. The van der Waals surface area contributed by atoms with E-state index in [9.17, 15) is 5.11 Å². The van der Waals surface area contributed by atoms with Crippen LogP contribution in [0.5, 0.6) is 0 Å². The third-order valence-corrected chi connectivity index (χ3v) is 3.10. The molecule has 0 radical (unpaired) electrons. The second kappa shape index (κ2) is 3.95. The smallest absolute Gasteiger partial charge is 0.0704 e. The van der Waals surface area contributed by atoms with Crippen LogP contribution in [0.25, 0.3) is 0 Å². The van der Waals surface area contributed by atoms with E-state index in [-0.39, 0.29) is 6.10 Å². The molecule has 2 aliphatic carbocycles. The number of aliphatic hydroxyl groups excluding tert-OH is 1. The molecule has 2 saturated carbocycles. The molecule has 2 fully saturated rings. The molecule has 3 nitrogen and oxygen atoms in total. The van der Waals surface area contributed by atoms with Gasteiger partial charge >= 0.3 is 0 Å². The molecular weight excluding hydrogens is 168 g/mol. The standard InChI is InChI=1S/C10H18O3/c1-2-12-3-4-13-10-6-9(11)7-5-8(7)10/h7-11H,2-6H2,1H3/t7-,8+,9-,10+/m0/s1. The van der Waals surface area contributed by atoms with Crippen LogP contribution in [0.4, 0.5) is 0 Å². The second-order valence-electron chi connectivity index (χ2n) is 3.97. The number of aliphatic hydroxyl groups is 1. The highest BCUT2D eigenvalue weighted by Gasteiger charge is 2.54. The molecule has 0 heterocycles. The van der Waals surface area contributed by atoms with Gasteiger partial charge < -0.3 is 14.6 Å². The molecule has 2 rings (SSSR count). The summed E-state index contributed by atoms with van der Waals surface area (Å²) >= 11 is 0. The highest BCUT2D eigenvalue weighted by Crippen LogP contribution is 2.52. The van der Waals surface area contributed by atoms with Gasteiger partial charge in [0, 0.05) is 13.0 Å². The van der Waals surface area contributed by atoms with Crippen LogP contribution in [0, 0.1) is 11.8 Å². The Kier molecular flexibility index (Phi) is 2.86. The molecule has 0 aromatic carbocycles. The third-order valence-electron chi connectivity index (χ3n) is 3.10. The van der Waals surface area contributed by atoms with Crippen LogP contribution in [-0.2, 0) is 9.47 Å². The van der Waals surface area contributed by atoms with Crippen LogP contribution in [0.1, 0.15) is 19.8 Å². The maximum absolute atomic E-state index is 9.50. The normalized spacial score (nSPS) is 42.0. The van der Waals surface area contributed by atoms with Crippen LogP contribution in [0.3, 0.4) is 0 Å². The quantitative estimate of drug-likeness (QED) is 0.646. The van der Waals surface area contributed by atoms with E-state index in [2.05, 4.69) is 0 Å². The first-order valence-electron chi connectivity index (χ1n) is 5.20. The maximum atomic E-state index is 9.50. The zero-order valence-corrected chi connectivity index (χ0v) is 8.11. The fourth-order valence-corrected chi connectivity index (χ4v) is 2.29. The number of ether oxygens (including phenoxy) is 2. The molecule has 0 saturated heterocycles. The van der Waals surface area contributed by atoms with Crippen LogP contribution >= 0.6 is 0 Å². The Labute approximate surface area is 79.0 Å². The average molecular weight is 186 g/mol. The summed E-state index contributed by atoms with van der Waals surface area (Å²) < 4.78 is 10.8. The Hall–Kier alpha value is -0.120. The summed E-state index contributed by atoms with van der Waals surface area (Å²) in [6.45, 7) is 4.09. The van der Waals surface area contributed by atoms with Gasteiger partial charge in [-0.3, -0.25) is 0 Å². The number of rotatable bonds is 5. The van der Waals surface area contributed by atoms with Gasteiger partial charge in [-0.05, 0) is 25.2 Å². The summed E-state index contributed by atoms with van der Waals surface area (Å²) in [6, 6.07) is 0. The Morgan fingerprint density at radius 2 is 2.08 bits per heavy atom. The fraction of sp³-hybridized carbons (Fsp3) is 1.00. The van der Waals surface area contributed by atoms with Crippen molar-refractivity contribution in [3.8, 4) is 0 Å². The molecule has 0 aromatic rings. The van der Waals surface area contributed by atoms with E-state index in [1.54, 1.807) is 0 Å². The highest BCUT2D eigenvalue weighted by atomic mass is 16.5. The largest absolute Gasteiger partial charge is 0.393 e. The molecule has 1 N–H and O–H groups in total. The minimum atomic E-state index is -0.0953. The van der Waals surface area contributed by atoms with Gasteiger partial charge in [-0.25, -0.2) is 0 Å². The lowest BCUT2D eigenvalue weighted by molar-refractivity contribution is -0.00684. The minimum absolute atomic E-state index is 0.0953. The summed E-state index contributed by atoms with van der Waals surface area (Å²) in [5.74, 6) is 1.20. The summed E-state index contributed by atoms with van der Waals surface area (Å²) in [4.78, 5) is 0. The molecule has 76 valence electrons. The first-order chi connectivity index (χ1) is 6.33. The number of hydrogen-bond donors (Lipinski definition) is 1.